The Morgan fingerprint density at radius 1 is 1.46 bits per heavy atom. The first-order valence-electron chi connectivity index (χ1n) is 3.88. The van der Waals surface area contributed by atoms with Gasteiger partial charge in [0, 0.05) is 6.21 Å². The second kappa shape index (κ2) is 2.97. The van der Waals surface area contributed by atoms with E-state index in [-0.39, 0.29) is 18.1 Å². The molecule has 0 saturated carbocycles. The normalized spacial score (nSPS) is 15.5. The minimum atomic E-state index is -0.368. The minimum absolute atomic E-state index is 0.134. The van der Waals surface area contributed by atoms with Gasteiger partial charge in [0.25, 0.3) is 5.91 Å². The SMILES string of the molecule is O=C1CC=NN1c1cccc(F)c1. The van der Waals surface area contributed by atoms with Crippen LogP contribution in [0.15, 0.2) is 29.4 Å². The summed E-state index contributed by atoms with van der Waals surface area (Å²) in [7, 11) is 0. The fourth-order valence-electron chi connectivity index (χ4n) is 1.17. The first-order valence-corrected chi connectivity index (χ1v) is 3.88. The van der Waals surface area contributed by atoms with Crippen molar-refractivity contribution in [1.29, 1.82) is 0 Å². The van der Waals surface area contributed by atoms with Crippen LogP contribution in [-0.4, -0.2) is 12.1 Å². The fraction of sp³-hybridized carbons (Fsp3) is 0.111. The van der Waals surface area contributed by atoms with Gasteiger partial charge in [-0.1, -0.05) is 6.07 Å². The van der Waals surface area contributed by atoms with Gasteiger partial charge in [0.1, 0.15) is 5.82 Å². The van der Waals surface area contributed by atoms with E-state index in [1.807, 2.05) is 0 Å². The highest BCUT2D eigenvalue weighted by Crippen LogP contribution is 2.18. The second-order valence-corrected chi connectivity index (χ2v) is 2.69. The monoisotopic (exact) mass is 178 g/mol. The van der Waals surface area contributed by atoms with Gasteiger partial charge in [-0.2, -0.15) is 5.10 Å². The third-order valence-electron chi connectivity index (χ3n) is 1.75. The molecule has 13 heavy (non-hydrogen) atoms. The Morgan fingerprint density at radius 2 is 2.31 bits per heavy atom. The fourth-order valence-corrected chi connectivity index (χ4v) is 1.17. The highest BCUT2D eigenvalue weighted by Gasteiger charge is 2.18. The van der Waals surface area contributed by atoms with Crippen molar-refractivity contribution >= 4 is 17.8 Å². The Labute approximate surface area is 74.5 Å². The summed E-state index contributed by atoms with van der Waals surface area (Å²) in [5.41, 5.74) is 0.471. The first kappa shape index (κ1) is 7.91. The summed E-state index contributed by atoms with van der Waals surface area (Å²) in [6.45, 7) is 0. The lowest BCUT2D eigenvalue weighted by Gasteiger charge is -2.10. The highest BCUT2D eigenvalue weighted by atomic mass is 19.1. The van der Waals surface area contributed by atoms with E-state index < -0.39 is 0 Å². The number of hydrazone groups is 1. The molecule has 0 aliphatic carbocycles. The van der Waals surface area contributed by atoms with E-state index in [4.69, 9.17) is 0 Å². The summed E-state index contributed by atoms with van der Waals surface area (Å²) in [5.74, 6) is -0.502. The van der Waals surface area contributed by atoms with Crippen LogP contribution in [0.5, 0.6) is 0 Å². The number of carbonyl (C=O) groups excluding carboxylic acids is 1. The van der Waals surface area contributed by atoms with E-state index >= 15 is 0 Å². The van der Waals surface area contributed by atoms with Crippen LogP contribution < -0.4 is 5.01 Å². The molecule has 0 atom stereocenters. The Kier molecular flexibility index (Phi) is 1.81. The summed E-state index contributed by atoms with van der Waals surface area (Å²) in [6, 6.07) is 5.80. The van der Waals surface area contributed by atoms with Crippen LogP contribution in [0.4, 0.5) is 10.1 Å². The lowest BCUT2D eigenvalue weighted by molar-refractivity contribution is -0.116. The van der Waals surface area contributed by atoms with E-state index in [9.17, 15) is 9.18 Å². The topological polar surface area (TPSA) is 32.7 Å². The molecule has 1 heterocycles. The van der Waals surface area contributed by atoms with Crippen LogP contribution in [0.25, 0.3) is 0 Å². The van der Waals surface area contributed by atoms with Crippen molar-refractivity contribution in [2.45, 2.75) is 6.42 Å². The van der Waals surface area contributed by atoms with E-state index in [0.717, 1.165) is 0 Å². The van der Waals surface area contributed by atoms with Gasteiger partial charge in [-0.15, -0.1) is 0 Å². The predicted molar refractivity (Wildman–Crippen MR) is 47.0 cm³/mol. The predicted octanol–water partition coefficient (Wildman–Crippen LogP) is 1.55. The van der Waals surface area contributed by atoms with E-state index in [1.165, 1.54) is 23.4 Å². The summed E-state index contributed by atoms with van der Waals surface area (Å²) in [5, 5.41) is 5.02. The molecule has 1 aliphatic heterocycles. The number of benzene rings is 1. The van der Waals surface area contributed by atoms with Crippen LogP contribution in [0.2, 0.25) is 0 Å². The lowest BCUT2D eigenvalue weighted by atomic mass is 10.3. The molecule has 1 amide bonds. The molecule has 0 N–H and O–H groups in total. The Balaban J connectivity index is 2.35. The molecular weight excluding hydrogens is 171 g/mol. The molecular formula is C9H7FN2O. The number of amides is 1. The van der Waals surface area contributed by atoms with Crippen molar-refractivity contribution < 1.29 is 9.18 Å². The molecule has 0 saturated heterocycles. The Hall–Kier alpha value is -1.71. The molecule has 0 bridgehead atoms. The van der Waals surface area contributed by atoms with E-state index in [2.05, 4.69) is 5.10 Å². The molecule has 1 aliphatic rings. The van der Waals surface area contributed by atoms with Crippen LogP contribution in [0, 0.1) is 5.82 Å². The van der Waals surface area contributed by atoms with Crippen molar-refractivity contribution in [2.24, 2.45) is 5.10 Å². The van der Waals surface area contributed by atoms with Crippen LogP contribution in [-0.2, 0) is 4.79 Å². The van der Waals surface area contributed by atoms with Crippen LogP contribution >= 0.6 is 0 Å². The number of hydrogen-bond acceptors (Lipinski definition) is 2. The third-order valence-corrected chi connectivity index (χ3v) is 1.75. The largest absolute Gasteiger partial charge is 0.272 e. The maximum atomic E-state index is 12.8. The summed E-state index contributed by atoms with van der Waals surface area (Å²) in [6.07, 6.45) is 1.80. The van der Waals surface area contributed by atoms with Gasteiger partial charge in [0.15, 0.2) is 0 Å². The molecule has 0 radical (unpaired) electrons. The van der Waals surface area contributed by atoms with Crippen molar-refractivity contribution in [1.82, 2.24) is 0 Å². The average Bonchev–Trinajstić information content (AvgIpc) is 2.51. The van der Waals surface area contributed by atoms with Gasteiger partial charge in [-0.3, -0.25) is 4.79 Å². The van der Waals surface area contributed by atoms with Gasteiger partial charge in [-0.25, -0.2) is 9.40 Å². The molecule has 3 nitrogen and oxygen atoms in total. The van der Waals surface area contributed by atoms with Gasteiger partial charge < -0.3 is 0 Å². The van der Waals surface area contributed by atoms with Gasteiger partial charge in [0.05, 0.1) is 12.1 Å². The molecule has 0 spiro atoms. The zero-order chi connectivity index (χ0) is 9.26. The lowest BCUT2D eigenvalue weighted by Crippen LogP contribution is -2.19. The molecule has 0 unspecified atom stereocenters. The van der Waals surface area contributed by atoms with Crippen molar-refractivity contribution in [2.75, 3.05) is 5.01 Å². The minimum Gasteiger partial charge on any atom is -0.272 e. The maximum Gasteiger partial charge on any atom is 0.252 e. The summed E-state index contributed by atoms with van der Waals surface area (Å²) >= 11 is 0. The first-order chi connectivity index (χ1) is 6.27. The number of hydrogen-bond donors (Lipinski definition) is 0. The molecule has 4 heteroatoms. The second-order valence-electron chi connectivity index (χ2n) is 2.69. The van der Waals surface area contributed by atoms with E-state index in [0.29, 0.717) is 5.69 Å². The zero-order valence-electron chi connectivity index (χ0n) is 6.77. The zero-order valence-corrected chi connectivity index (χ0v) is 6.77. The quantitative estimate of drug-likeness (QED) is 0.642. The van der Waals surface area contributed by atoms with E-state index in [1.54, 1.807) is 12.1 Å². The number of nitrogens with zero attached hydrogens (tertiary/aromatic N) is 2. The number of carbonyl (C=O) groups is 1. The average molecular weight is 178 g/mol. The van der Waals surface area contributed by atoms with Crippen molar-refractivity contribution in [3.05, 3.63) is 30.1 Å². The maximum absolute atomic E-state index is 12.8. The van der Waals surface area contributed by atoms with Crippen molar-refractivity contribution in [3.63, 3.8) is 0 Å². The Bertz CT molecular complexity index is 376. The molecule has 1 aromatic carbocycles. The Morgan fingerprint density at radius 3 is 2.92 bits per heavy atom. The highest BCUT2D eigenvalue weighted by molar-refractivity contribution is 6.05. The smallest absolute Gasteiger partial charge is 0.252 e. The summed E-state index contributed by atoms with van der Waals surface area (Å²) < 4.78 is 12.8. The van der Waals surface area contributed by atoms with Gasteiger partial charge >= 0.3 is 0 Å². The summed E-state index contributed by atoms with van der Waals surface area (Å²) in [4.78, 5) is 11.2. The van der Waals surface area contributed by atoms with Crippen LogP contribution in [0.3, 0.4) is 0 Å². The van der Waals surface area contributed by atoms with Crippen LogP contribution in [0.1, 0.15) is 6.42 Å². The molecule has 0 fully saturated rings. The molecule has 2 rings (SSSR count). The van der Waals surface area contributed by atoms with Gasteiger partial charge in [0.2, 0.25) is 0 Å². The number of anilines is 1. The standard InChI is InChI=1S/C9H7FN2O/c10-7-2-1-3-8(6-7)12-9(13)4-5-11-12/h1-3,5-6H,4H2. The molecule has 0 aromatic heterocycles. The third kappa shape index (κ3) is 1.42. The molecule has 66 valence electrons. The van der Waals surface area contributed by atoms with Gasteiger partial charge in [-0.05, 0) is 18.2 Å². The number of rotatable bonds is 1. The molecule has 1 aromatic rings. The number of halogens is 1. The van der Waals surface area contributed by atoms with Crippen molar-refractivity contribution in [3.8, 4) is 0 Å².